The summed E-state index contributed by atoms with van der Waals surface area (Å²) in [7, 11) is 0. The molecular formula is C13H17NO2S. The predicted molar refractivity (Wildman–Crippen MR) is 69.4 cm³/mol. The van der Waals surface area contributed by atoms with Crippen molar-refractivity contribution < 1.29 is 9.90 Å². The van der Waals surface area contributed by atoms with Crippen LogP contribution >= 0.6 is 12.6 Å². The average Bonchev–Trinajstić information content (AvgIpc) is 2.32. The highest BCUT2D eigenvalue weighted by Crippen LogP contribution is 2.19. The van der Waals surface area contributed by atoms with Crippen molar-refractivity contribution in [2.45, 2.75) is 24.3 Å². The number of likely N-dealkylation sites (tertiary alicyclic amines) is 1. The third-order valence-corrected chi connectivity index (χ3v) is 3.52. The van der Waals surface area contributed by atoms with Gasteiger partial charge in [0.2, 0.25) is 0 Å². The Kier molecular flexibility index (Phi) is 3.74. The molecule has 2 unspecified atom stereocenters. The summed E-state index contributed by atoms with van der Waals surface area (Å²) in [4.78, 5) is 14.8. The maximum absolute atomic E-state index is 12.2. The second-order valence-corrected chi connectivity index (χ2v) is 5.15. The number of piperidine rings is 1. The largest absolute Gasteiger partial charge is 0.393 e. The molecule has 1 aliphatic heterocycles. The second kappa shape index (κ2) is 5.10. The lowest BCUT2D eigenvalue weighted by Gasteiger charge is -2.34. The van der Waals surface area contributed by atoms with Gasteiger partial charge < -0.3 is 10.0 Å². The van der Waals surface area contributed by atoms with Gasteiger partial charge in [-0.25, -0.2) is 0 Å². The van der Waals surface area contributed by atoms with Crippen LogP contribution in [0.2, 0.25) is 0 Å². The fourth-order valence-electron chi connectivity index (χ4n) is 2.14. The van der Waals surface area contributed by atoms with Crippen LogP contribution in [0.25, 0.3) is 0 Å². The number of thiol groups is 1. The van der Waals surface area contributed by atoms with Gasteiger partial charge in [0.1, 0.15) is 0 Å². The first-order valence-electron chi connectivity index (χ1n) is 5.84. The molecule has 2 atom stereocenters. The van der Waals surface area contributed by atoms with Crippen LogP contribution in [0.5, 0.6) is 0 Å². The molecule has 3 nitrogen and oxygen atoms in total. The zero-order valence-electron chi connectivity index (χ0n) is 9.84. The van der Waals surface area contributed by atoms with Gasteiger partial charge in [0.05, 0.1) is 6.10 Å². The van der Waals surface area contributed by atoms with Gasteiger partial charge >= 0.3 is 0 Å². The van der Waals surface area contributed by atoms with Crippen LogP contribution in [0.1, 0.15) is 23.7 Å². The lowest BCUT2D eigenvalue weighted by molar-refractivity contribution is 0.0297. The summed E-state index contributed by atoms with van der Waals surface area (Å²) in [6.45, 7) is 3.22. The first-order chi connectivity index (χ1) is 8.08. The molecule has 0 saturated carbocycles. The van der Waals surface area contributed by atoms with Gasteiger partial charge in [-0.1, -0.05) is 13.0 Å². The molecule has 1 aromatic carbocycles. The zero-order chi connectivity index (χ0) is 12.4. The fourth-order valence-corrected chi connectivity index (χ4v) is 2.36. The summed E-state index contributed by atoms with van der Waals surface area (Å²) in [6.07, 6.45) is 0.378. The molecule has 0 radical (unpaired) electrons. The summed E-state index contributed by atoms with van der Waals surface area (Å²) < 4.78 is 0. The number of aliphatic hydroxyl groups is 1. The molecule has 0 aliphatic carbocycles. The normalized spacial score (nSPS) is 24.8. The molecule has 1 saturated heterocycles. The van der Waals surface area contributed by atoms with Gasteiger partial charge in [-0.2, -0.15) is 0 Å². The highest BCUT2D eigenvalue weighted by Gasteiger charge is 2.27. The topological polar surface area (TPSA) is 40.5 Å². The average molecular weight is 251 g/mol. The quantitative estimate of drug-likeness (QED) is 0.747. The van der Waals surface area contributed by atoms with Crippen molar-refractivity contribution in [3.8, 4) is 0 Å². The Morgan fingerprint density at radius 2 is 2.29 bits per heavy atom. The molecule has 17 heavy (non-hydrogen) atoms. The summed E-state index contributed by atoms with van der Waals surface area (Å²) in [6, 6.07) is 7.26. The number of nitrogens with zero attached hydrogens (tertiary/aromatic N) is 1. The molecule has 0 aromatic heterocycles. The predicted octanol–water partition coefficient (Wildman–Crippen LogP) is 1.82. The summed E-state index contributed by atoms with van der Waals surface area (Å²) in [5.41, 5.74) is 0.668. The smallest absolute Gasteiger partial charge is 0.253 e. The van der Waals surface area contributed by atoms with E-state index in [9.17, 15) is 9.90 Å². The minimum absolute atomic E-state index is 0.0275. The first-order valence-corrected chi connectivity index (χ1v) is 6.29. The van der Waals surface area contributed by atoms with Gasteiger partial charge in [-0.05, 0) is 30.5 Å². The summed E-state index contributed by atoms with van der Waals surface area (Å²) in [5, 5.41) is 9.64. The molecule has 1 N–H and O–H groups in total. The summed E-state index contributed by atoms with van der Waals surface area (Å²) >= 11 is 4.23. The third kappa shape index (κ3) is 2.82. The van der Waals surface area contributed by atoms with Gasteiger partial charge in [0.15, 0.2) is 0 Å². The van der Waals surface area contributed by atoms with Crippen LogP contribution in [0.15, 0.2) is 29.2 Å². The Morgan fingerprint density at radius 3 is 2.94 bits per heavy atom. The van der Waals surface area contributed by atoms with Crippen LogP contribution in [-0.4, -0.2) is 35.1 Å². The van der Waals surface area contributed by atoms with E-state index in [4.69, 9.17) is 0 Å². The van der Waals surface area contributed by atoms with Crippen LogP contribution in [0.4, 0.5) is 0 Å². The highest BCUT2D eigenvalue weighted by atomic mass is 32.1. The van der Waals surface area contributed by atoms with Gasteiger partial charge in [-0.15, -0.1) is 12.6 Å². The number of carbonyl (C=O) groups excluding carboxylic acids is 1. The molecule has 1 aliphatic rings. The zero-order valence-corrected chi connectivity index (χ0v) is 10.7. The molecule has 2 rings (SSSR count). The standard InChI is InChI=1S/C13H17NO2S/c1-9-8-14(6-5-12(9)15)13(16)10-3-2-4-11(17)7-10/h2-4,7,9,12,15,17H,5-6,8H2,1H3. The van der Waals surface area contributed by atoms with Crippen molar-refractivity contribution in [3.63, 3.8) is 0 Å². The Balaban J connectivity index is 2.10. The van der Waals surface area contributed by atoms with E-state index < -0.39 is 0 Å². The van der Waals surface area contributed by atoms with Crippen molar-refractivity contribution in [1.82, 2.24) is 4.90 Å². The number of hydrogen-bond donors (Lipinski definition) is 2. The van der Waals surface area contributed by atoms with E-state index in [0.717, 1.165) is 4.90 Å². The third-order valence-electron chi connectivity index (χ3n) is 3.24. The lowest BCUT2D eigenvalue weighted by atomic mass is 9.96. The number of aliphatic hydroxyl groups excluding tert-OH is 1. The first kappa shape index (κ1) is 12.5. The fraction of sp³-hybridized carbons (Fsp3) is 0.462. The van der Waals surface area contributed by atoms with E-state index in [1.165, 1.54) is 0 Å². The van der Waals surface area contributed by atoms with E-state index in [-0.39, 0.29) is 17.9 Å². The lowest BCUT2D eigenvalue weighted by Crippen LogP contribution is -2.44. The second-order valence-electron chi connectivity index (χ2n) is 4.63. The Bertz CT molecular complexity index is 422. The van der Waals surface area contributed by atoms with Crippen molar-refractivity contribution >= 4 is 18.5 Å². The maximum Gasteiger partial charge on any atom is 0.253 e. The molecule has 1 heterocycles. The van der Waals surface area contributed by atoms with Gasteiger partial charge in [0, 0.05) is 23.5 Å². The Labute approximate surface area is 107 Å². The number of carbonyl (C=O) groups is 1. The van der Waals surface area contributed by atoms with Crippen molar-refractivity contribution in [2.24, 2.45) is 5.92 Å². The van der Waals surface area contributed by atoms with Crippen LogP contribution < -0.4 is 0 Å². The van der Waals surface area contributed by atoms with E-state index in [2.05, 4.69) is 12.6 Å². The van der Waals surface area contributed by atoms with E-state index in [0.29, 0.717) is 25.1 Å². The molecule has 1 fully saturated rings. The molecule has 1 amide bonds. The van der Waals surface area contributed by atoms with Crippen molar-refractivity contribution in [2.75, 3.05) is 13.1 Å². The van der Waals surface area contributed by atoms with E-state index >= 15 is 0 Å². The minimum atomic E-state index is -0.282. The van der Waals surface area contributed by atoms with E-state index in [1.807, 2.05) is 19.1 Å². The molecule has 4 heteroatoms. The monoisotopic (exact) mass is 251 g/mol. The number of rotatable bonds is 1. The minimum Gasteiger partial charge on any atom is -0.393 e. The molecule has 92 valence electrons. The van der Waals surface area contributed by atoms with Crippen molar-refractivity contribution in [1.29, 1.82) is 0 Å². The van der Waals surface area contributed by atoms with E-state index in [1.54, 1.807) is 17.0 Å². The molecule has 0 spiro atoms. The number of hydrogen-bond acceptors (Lipinski definition) is 3. The Hall–Kier alpha value is -1.00. The van der Waals surface area contributed by atoms with Crippen LogP contribution in [-0.2, 0) is 0 Å². The highest BCUT2D eigenvalue weighted by molar-refractivity contribution is 7.80. The molecule has 0 bridgehead atoms. The van der Waals surface area contributed by atoms with Crippen LogP contribution in [0.3, 0.4) is 0 Å². The van der Waals surface area contributed by atoms with Gasteiger partial charge in [0.25, 0.3) is 5.91 Å². The van der Waals surface area contributed by atoms with Crippen LogP contribution in [0, 0.1) is 5.92 Å². The summed E-state index contributed by atoms with van der Waals surface area (Å²) in [5.74, 6) is 0.173. The number of benzene rings is 1. The number of amides is 1. The van der Waals surface area contributed by atoms with Gasteiger partial charge in [-0.3, -0.25) is 4.79 Å². The van der Waals surface area contributed by atoms with Crippen molar-refractivity contribution in [3.05, 3.63) is 29.8 Å². The SMILES string of the molecule is CC1CN(C(=O)c2cccc(S)c2)CCC1O. The molecule has 1 aromatic rings. The maximum atomic E-state index is 12.2. The molecular weight excluding hydrogens is 234 g/mol. The Morgan fingerprint density at radius 1 is 1.53 bits per heavy atom.